The maximum atomic E-state index is 5.35. The van der Waals surface area contributed by atoms with Crippen LogP contribution in [0.4, 0.5) is 0 Å². The van der Waals surface area contributed by atoms with Crippen molar-refractivity contribution in [1.29, 1.82) is 0 Å². The predicted molar refractivity (Wildman–Crippen MR) is 254 cm³/mol. The molecule has 1 aromatic heterocycles. The fourth-order valence-corrected chi connectivity index (χ4v) is 10.1. The van der Waals surface area contributed by atoms with Gasteiger partial charge in [0.05, 0.1) is 16.8 Å². The molecule has 0 aliphatic heterocycles. The highest BCUT2D eigenvalue weighted by Crippen LogP contribution is 2.60. The Morgan fingerprint density at radius 1 is 0.311 bits per heavy atom. The van der Waals surface area contributed by atoms with Crippen LogP contribution >= 0.6 is 0 Å². The smallest absolute Gasteiger partial charge is 0.161 e. The first-order chi connectivity index (χ1) is 30.3. The molecule has 284 valence electrons. The molecule has 10 aromatic carbocycles. The van der Waals surface area contributed by atoms with Gasteiger partial charge in [0.1, 0.15) is 0 Å². The highest BCUT2D eigenvalue weighted by Gasteiger charge is 2.48. The maximum Gasteiger partial charge on any atom is 0.161 e. The van der Waals surface area contributed by atoms with Gasteiger partial charge in [0.2, 0.25) is 0 Å². The van der Waals surface area contributed by atoms with Gasteiger partial charge in [-0.25, -0.2) is 9.97 Å². The number of aromatic nitrogens is 2. The van der Waals surface area contributed by atoms with E-state index in [0.29, 0.717) is 5.82 Å². The van der Waals surface area contributed by atoms with Gasteiger partial charge in [0, 0.05) is 16.7 Å². The third-order valence-electron chi connectivity index (χ3n) is 12.8. The lowest BCUT2D eigenvalue weighted by Crippen LogP contribution is -2.28. The zero-order valence-corrected chi connectivity index (χ0v) is 33.3. The minimum absolute atomic E-state index is 0.537. The Balaban J connectivity index is 1.11. The predicted octanol–water partition coefficient (Wildman–Crippen LogP) is 15.0. The second kappa shape index (κ2) is 14.1. The molecule has 0 spiro atoms. The van der Waals surface area contributed by atoms with Gasteiger partial charge in [-0.2, -0.15) is 0 Å². The molecule has 0 saturated carbocycles. The zero-order chi connectivity index (χ0) is 40.3. The van der Waals surface area contributed by atoms with Gasteiger partial charge in [0.15, 0.2) is 5.82 Å². The Kier molecular flexibility index (Phi) is 8.11. The van der Waals surface area contributed by atoms with Crippen molar-refractivity contribution >= 4 is 32.3 Å². The summed E-state index contributed by atoms with van der Waals surface area (Å²) in [6.45, 7) is 0. The van der Waals surface area contributed by atoms with Crippen LogP contribution in [0.2, 0.25) is 0 Å². The van der Waals surface area contributed by atoms with Crippen molar-refractivity contribution in [3.8, 4) is 56.2 Å². The van der Waals surface area contributed by atoms with Crippen LogP contribution in [0.1, 0.15) is 22.3 Å². The summed E-state index contributed by atoms with van der Waals surface area (Å²) in [5.74, 6) is 0.703. The van der Waals surface area contributed by atoms with Gasteiger partial charge in [-0.15, -0.1) is 0 Å². The fraction of sp³-hybridized carbons (Fsp3) is 0.0169. The summed E-state index contributed by atoms with van der Waals surface area (Å²) in [5, 5.41) is 7.17. The lowest BCUT2D eigenvalue weighted by atomic mass is 9.66. The number of hydrogen-bond acceptors (Lipinski definition) is 2. The van der Waals surface area contributed by atoms with Gasteiger partial charge in [-0.3, -0.25) is 0 Å². The highest BCUT2D eigenvalue weighted by molar-refractivity contribution is 6.10. The first kappa shape index (κ1) is 35.0. The van der Waals surface area contributed by atoms with Crippen LogP contribution in [0.15, 0.2) is 231 Å². The summed E-state index contributed by atoms with van der Waals surface area (Å²) in [6, 6.07) is 83.6. The molecule has 61 heavy (non-hydrogen) atoms. The molecule has 0 saturated heterocycles. The molecular formula is C59H38N2. The molecule has 0 radical (unpaired) electrons. The van der Waals surface area contributed by atoms with Crippen molar-refractivity contribution < 1.29 is 0 Å². The minimum atomic E-state index is -0.537. The molecule has 1 heterocycles. The topological polar surface area (TPSA) is 25.8 Å². The van der Waals surface area contributed by atoms with E-state index in [1.165, 1.54) is 66.1 Å². The van der Waals surface area contributed by atoms with E-state index in [2.05, 4.69) is 224 Å². The minimum Gasteiger partial charge on any atom is -0.228 e. The summed E-state index contributed by atoms with van der Waals surface area (Å²) < 4.78 is 0. The molecule has 11 aromatic rings. The first-order valence-corrected chi connectivity index (χ1v) is 21.0. The molecule has 1 aliphatic rings. The van der Waals surface area contributed by atoms with Crippen LogP contribution in [-0.2, 0) is 5.41 Å². The van der Waals surface area contributed by atoms with Crippen LogP contribution in [0.25, 0.3) is 88.5 Å². The van der Waals surface area contributed by atoms with E-state index >= 15 is 0 Å². The number of benzene rings is 10. The summed E-state index contributed by atoms with van der Waals surface area (Å²) in [6.07, 6.45) is 0. The molecule has 2 heteroatoms. The van der Waals surface area contributed by atoms with E-state index in [0.717, 1.165) is 38.9 Å². The van der Waals surface area contributed by atoms with E-state index in [1.54, 1.807) is 0 Å². The molecule has 12 rings (SSSR count). The third kappa shape index (κ3) is 5.50. The third-order valence-corrected chi connectivity index (χ3v) is 12.8. The summed E-state index contributed by atoms with van der Waals surface area (Å²) in [4.78, 5) is 10.7. The normalized spacial score (nSPS) is 12.7. The SMILES string of the molecule is c1ccc(-c2cc(-c3ccc4ccccc4c3)nc(-c3ccc(-c4cccc5c4-c4ccc6ccccc6c4C5(c4ccccc4)c4ccccc4)c4ccccc34)n2)cc1. The Labute approximate surface area is 355 Å². The van der Waals surface area contributed by atoms with Crippen LogP contribution in [0.3, 0.4) is 0 Å². The quantitative estimate of drug-likeness (QED) is 0.168. The summed E-state index contributed by atoms with van der Waals surface area (Å²) in [5.41, 5.74) is 14.4. The van der Waals surface area contributed by atoms with Crippen LogP contribution in [0, 0.1) is 0 Å². The van der Waals surface area contributed by atoms with E-state index in [1.807, 2.05) is 6.07 Å². The molecule has 0 bridgehead atoms. The molecule has 0 amide bonds. The van der Waals surface area contributed by atoms with Gasteiger partial charge in [-0.1, -0.05) is 212 Å². The van der Waals surface area contributed by atoms with Crippen molar-refractivity contribution in [3.63, 3.8) is 0 Å². The van der Waals surface area contributed by atoms with Crippen LogP contribution in [0.5, 0.6) is 0 Å². The average Bonchev–Trinajstić information content (AvgIpc) is 3.66. The Bertz CT molecular complexity index is 3420. The largest absolute Gasteiger partial charge is 0.228 e. The molecule has 0 atom stereocenters. The molecule has 1 aliphatic carbocycles. The fourth-order valence-electron chi connectivity index (χ4n) is 10.1. The zero-order valence-electron chi connectivity index (χ0n) is 33.3. The van der Waals surface area contributed by atoms with Gasteiger partial charge < -0.3 is 0 Å². The van der Waals surface area contributed by atoms with Crippen molar-refractivity contribution in [3.05, 3.63) is 253 Å². The number of hydrogen-bond donors (Lipinski definition) is 0. The number of rotatable bonds is 6. The number of fused-ring (bicyclic) bond motifs is 7. The van der Waals surface area contributed by atoms with E-state index in [-0.39, 0.29) is 0 Å². The second-order valence-corrected chi connectivity index (χ2v) is 16.0. The molecule has 0 N–H and O–H groups in total. The lowest BCUT2D eigenvalue weighted by molar-refractivity contribution is 0.775. The maximum absolute atomic E-state index is 5.35. The molecule has 0 fully saturated rings. The first-order valence-electron chi connectivity index (χ1n) is 21.0. The Morgan fingerprint density at radius 2 is 0.852 bits per heavy atom. The average molecular weight is 775 g/mol. The Morgan fingerprint density at radius 3 is 1.57 bits per heavy atom. The van der Waals surface area contributed by atoms with Gasteiger partial charge in [0.25, 0.3) is 0 Å². The monoisotopic (exact) mass is 774 g/mol. The summed E-state index contributed by atoms with van der Waals surface area (Å²) >= 11 is 0. The van der Waals surface area contributed by atoms with Crippen molar-refractivity contribution in [2.24, 2.45) is 0 Å². The molecular weight excluding hydrogens is 737 g/mol. The molecule has 2 nitrogen and oxygen atoms in total. The summed E-state index contributed by atoms with van der Waals surface area (Å²) in [7, 11) is 0. The van der Waals surface area contributed by atoms with Crippen molar-refractivity contribution in [1.82, 2.24) is 9.97 Å². The lowest BCUT2D eigenvalue weighted by Gasteiger charge is -2.34. The van der Waals surface area contributed by atoms with E-state index < -0.39 is 5.41 Å². The number of nitrogens with zero attached hydrogens (tertiary/aromatic N) is 2. The van der Waals surface area contributed by atoms with E-state index in [9.17, 15) is 0 Å². The van der Waals surface area contributed by atoms with E-state index in [4.69, 9.17) is 9.97 Å². The standard InChI is InChI=1S/C59H38N2/c1-4-19-41(20-5-1)54-38-55(43-32-31-39-17-10-11-21-42(39)37-43)61-58(60-54)51-36-35-49(47-27-14-15-28-48(47)51)50-29-16-30-53-56(50)52-34-33-40-18-12-13-26-46(40)57(52)59(53,44-22-6-2-7-23-44)45-24-8-3-9-25-45/h1-38H. The van der Waals surface area contributed by atoms with Gasteiger partial charge in [-0.05, 0) is 95.0 Å². The van der Waals surface area contributed by atoms with Crippen molar-refractivity contribution in [2.45, 2.75) is 5.41 Å². The van der Waals surface area contributed by atoms with Crippen molar-refractivity contribution in [2.75, 3.05) is 0 Å². The molecule has 0 unspecified atom stereocenters. The second-order valence-electron chi connectivity index (χ2n) is 16.0. The van der Waals surface area contributed by atoms with Crippen LogP contribution < -0.4 is 0 Å². The highest BCUT2D eigenvalue weighted by atomic mass is 14.9. The van der Waals surface area contributed by atoms with Gasteiger partial charge >= 0.3 is 0 Å². The van der Waals surface area contributed by atoms with Crippen LogP contribution in [-0.4, -0.2) is 9.97 Å². The Hall–Kier alpha value is -7.94.